The van der Waals surface area contributed by atoms with Gasteiger partial charge in [-0.15, -0.1) is 0 Å². The van der Waals surface area contributed by atoms with Gasteiger partial charge in [0.2, 0.25) is 0 Å². The van der Waals surface area contributed by atoms with Crippen molar-refractivity contribution in [2.45, 2.75) is 13.8 Å². The van der Waals surface area contributed by atoms with Crippen molar-refractivity contribution >= 4 is 28.7 Å². The summed E-state index contributed by atoms with van der Waals surface area (Å²) >= 11 is 0. The fourth-order valence-corrected chi connectivity index (χ4v) is 2.81. The Bertz CT molecular complexity index is 920. The smallest absolute Gasteiger partial charge is 0.164 e. The van der Waals surface area contributed by atoms with Crippen LogP contribution in [0.2, 0.25) is 0 Å². The summed E-state index contributed by atoms with van der Waals surface area (Å²) in [5.41, 5.74) is 3.08. The fourth-order valence-electron chi connectivity index (χ4n) is 2.81. The van der Waals surface area contributed by atoms with Crippen molar-refractivity contribution in [2.75, 3.05) is 0 Å². The summed E-state index contributed by atoms with van der Waals surface area (Å²) in [5, 5.41) is 12.4. The minimum Gasteiger partial charge on any atom is -0.507 e. The van der Waals surface area contributed by atoms with E-state index in [2.05, 4.69) is 24.3 Å². The van der Waals surface area contributed by atoms with Gasteiger partial charge in [-0.25, -0.2) is 0 Å². The first-order valence-electron chi connectivity index (χ1n) is 7.56. The minimum atomic E-state index is -0.138. The van der Waals surface area contributed by atoms with E-state index in [1.54, 1.807) is 6.07 Å². The quantitative estimate of drug-likeness (QED) is 0.531. The van der Waals surface area contributed by atoms with E-state index in [4.69, 9.17) is 0 Å². The number of hydrogen-bond donors (Lipinski definition) is 1. The van der Waals surface area contributed by atoms with Crippen molar-refractivity contribution in [2.24, 2.45) is 0 Å². The number of phenolic OH excluding ortho intramolecular Hbond substituents is 1. The summed E-state index contributed by atoms with van der Waals surface area (Å²) in [4.78, 5) is 11.8. The molecule has 0 saturated heterocycles. The van der Waals surface area contributed by atoms with Gasteiger partial charge in [-0.1, -0.05) is 54.6 Å². The molecule has 0 heterocycles. The van der Waals surface area contributed by atoms with Gasteiger partial charge in [0.15, 0.2) is 5.78 Å². The number of fused-ring (bicyclic) bond motifs is 1. The predicted octanol–water partition coefficient (Wildman–Crippen LogP) is 5.23. The van der Waals surface area contributed by atoms with Crippen molar-refractivity contribution in [3.05, 3.63) is 76.9 Å². The molecule has 114 valence electrons. The Morgan fingerprint density at radius 1 is 0.957 bits per heavy atom. The third kappa shape index (κ3) is 3.16. The molecule has 3 rings (SSSR count). The van der Waals surface area contributed by atoms with Crippen molar-refractivity contribution in [3.8, 4) is 5.75 Å². The highest BCUT2D eigenvalue weighted by Gasteiger charge is 2.11. The molecule has 0 saturated carbocycles. The fraction of sp³-hybridized carbons (Fsp3) is 0.0952. The lowest BCUT2D eigenvalue weighted by molar-refractivity contribution is 0.101. The van der Waals surface area contributed by atoms with Crippen LogP contribution in [0.1, 0.15) is 34.0 Å². The van der Waals surface area contributed by atoms with Crippen LogP contribution in [-0.2, 0) is 0 Å². The topological polar surface area (TPSA) is 37.3 Å². The summed E-state index contributed by atoms with van der Waals surface area (Å²) in [7, 11) is 0. The van der Waals surface area contributed by atoms with E-state index in [0.29, 0.717) is 5.56 Å². The number of rotatable bonds is 3. The van der Waals surface area contributed by atoms with Crippen LogP contribution in [0.3, 0.4) is 0 Å². The monoisotopic (exact) mass is 302 g/mol. The third-order valence-electron chi connectivity index (χ3n) is 3.87. The van der Waals surface area contributed by atoms with E-state index in [0.717, 1.165) is 16.7 Å². The van der Waals surface area contributed by atoms with Crippen molar-refractivity contribution in [1.29, 1.82) is 0 Å². The number of aryl methyl sites for hydroxylation is 1. The third-order valence-corrected chi connectivity index (χ3v) is 3.87. The summed E-state index contributed by atoms with van der Waals surface area (Å²) in [5.74, 6) is -0.101. The van der Waals surface area contributed by atoms with Crippen molar-refractivity contribution < 1.29 is 9.90 Å². The zero-order valence-electron chi connectivity index (χ0n) is 13.2. The summed E-state index contributed by atoms with van der Waals surface area (Å²) in [6, 6.07) is 17.9. The molecule has 0 aliphatic carbocycles. The molecule has 0 unspecified atom stereocenters. The van der Waals surface area contributed by atoms with Crippen molar-refractivity contribution in [3.63, 3.8) is 0 Å². The molecule has 0 aromatic heterocycles. The molecule has 0 aliphatic heterocycles. The molecular weight excluding hydrogens is 284 g/mol. The van der Waals surface area contributed by atoms with Crippen LogP contribution in [-0.4, -0.2) is 10.9 Å². The maximum absolute atomic E-state index is 11.8. The van der Waals surface area contributed by atoms with E-state index < -0.39 is 0 Å². The first-order valence-corrected chi connectivity index (χ1v) is 7.56. The Balaban J connectivity index is 2.03. The van der Waals surface area contributed by atoms with Crippen molar-refractivity contribution in [1.82, 2.24) is 0 Å². The number of carbonyl (C=O) groups is 1. The van der Waals surface area contributed by atoms with Crippen LogP contribution in [0.4, 0.5) is 0 Å². The Morgan fingerprint density at radius 3 is 2.43 bits per heavy atom. The van der Waals surface area contributed by atoms with Gasteiger partial charge in [0.1, 0.15) is 5.75 Å². The SMILES string of the molecule is CC(=O)c1c(O)cc(C)cc1/C=C/c1ccc2ccccc2c1. The first-order chi connectivity index (χ1) is 11.0. The molecule has 0 spiro atoms. The maximum atomic E-state index is 11.8. The van der Waals surface area contributed by atoms with Gasteiger partial charge < -0.3 is 5.11 Å². The Morgan fingerprint density at radius 2 is 1.70 bits per heavy atom. The highest BCUT2D eigenvalue weighted by atomic mass is 16.3. The Kier molecular flexibility index (Phi) is 3.98. The molecule has 0 radical (unpaired) electrons. The number of Topliss-reactive ketones (excluding diaryl/α,β-unsaturated/α-hetero) is 1. The Hall–Kier alpha value is -2.87. The second kappa shape index (κ2) is 6.09. The van der Waals surface area contributed by atoms with Crippen LogP contribution in [0, 0.1) is 6.92 Å². The second-order valence-electron chi connectivity index (χ2n) is 5.74. The first kappa shape index (κ1) is 15.0. The lowest BCUT2D eigenvalue weighted by Crippen LogP contribution is -1.97. The lowest BCUT2D eigenvalue weighted by Gasteiger charge is -2.07. The number of benzene rings is 3. The molecule has 3 aromatic rings. The number of carbonyl (C=O) groups excluding carboxylic acids is 1. The average molecular weight is 302 g/mol. The molecule has 2 nitrogen and oxygen atoms in total. The zero-order valence-corrected chi connectivity index (χ0v) is 13.2. The number of aromatic hydroxyl groups is 1. The van der Waals surface area contributed by atoms with E-state index in [1.807, 2.05) is 43.3 Å². The molecule has 1 N–H and O–H groups in total. The largest absolute Gasteiger partial charge is 0.507 e. The molecule has 0 aliphatic rings. The van der Waals surface area contributed by atoms with E-state index in [-0.39, 0.29) is 11.5 Å². The van der Waals surface area contributed by atoms with E-state index in [1.165, 1.54) is 17.7 Å². The van der Waals surface area contributed by atoms with Crippen LogP contribution in [0.15, 0.2) is 54.6 Å². The van der Waals surface area contributed by atoms with Gasteiger partial charge in [0.05, 0.1) is 5.56 Å². The molecule has 23 heavy (non-hydrogen) atoms. The molecule has 0 fully saturated rings. The number of ketones is 1. The Labute approximate surface area is 135 Å². The second-order valence-corrected chi connectivity index (χ2v) is 5.74. The highest BCUT2D eigenvalue weighted by molar-refractivity contribution is 6.01. The summed E-state index contributed by atoms with van der Waals surface area (Å²) in [6.45, 7) is 3.37. The molecule has 3 aromatic carbocycles. The average Bonchev–Trinajstić information content (AvgIpc) is 2.51. The lowest BCUT2D eigenvalue weighted by atomic mass is 9.99. The van der Waals surface area contributed by atoms with Crippen LogP contribution >= 0.6 is 0 Å². The summed E-state index contributed by atoms with van der Waals surface area (Å²) in [6.07, 6.45) is 3.85. The molecule has 0 bridgehead atoms. The standard InChI is InChI=1S/C21H18O2/c1-14-11-19(21(15(2)22)20(23)12-14)10-8-16-7-9-17-5-3-4-6-18(17)13-16/h3-13,23H,1-2H3/b10-8+. The molecule has 0 atom stereocenters. The number of hydrogen-bond acceptors (Lipinski definition) is 2. The van der Waals surface area contributed by atoms with Crippen LogP contribution < -0.4 is 0 Å². The van der Waals surface area contributed by atoms with Crippen LogP contribution in [0.5, 0.6) is 5.75 Å². The highest BCUT2D eigenvalue weighted by Crippen LogP contribution is 2.26. The molecular formula is C21H18O2. The molecule has 2 heteroatoms. The minimum absolute atomic E-state index is 0.0376. The zero-order chi connectivity index (χ0) is 16.4. The van der Waals surface area contributed by atoms with Gasteiger partial charge in [0, 0.05) is 0 Å². The number of phenols is 1. The normalized spacial score (nSPS) is 11.2. The maximum Gasteiger partial charge on any atom is 0.164 e. The predicted molar refractivity (Wildman–Crippen MR) is 95.7 cm³/mol. The van der Waals surface area contributed by atoms with Gasteiger partial charge >= 0.3 is 0 Å². The van der Waals surface area contributed by atoms with Gasteiger partial charge in [-0.2, -0.15) is 0 Å². The molecule has 0 amide bonds. The summed E-state index contributed by atoms with van der Waals surface area (Å²) < 4.78 is 0. The van der Waals surface area contributed by atoms with E-state index in [9.17, 15) is 9.90 Å². The van der Waals surface area contributed by atoms with Gasteiger partial charge in [-0.05, 0) is 53.4 Å². The van der Waals surface area contributed by atoms with Crippen LogP contribution in [0.25, 0.3) is 22.9 Å². The van der Waals surface area contributed by atoms with E-state index >= 15 is 0 Å². The van der Waals surface area contributed by atoms with Gasteiger partial charge in [-0.3, -0.25) is 4.79 Å². The van der Waals surface area contributed by atoms with Gasteiger partial charge in [0.25, 0.3) is 0 Å².